The van der Waals surface area contributed by atoms with E-state index in [-0.39, 0.29) is 44.6 Å². The largest absolute Gasteiger partial charge is 0.456 e. The minimum absolute atomic E-state index is 0.0296. The van der Waals surface area contributed by atoms with Crippen LogP contribution in [-0.4, -0.2) is 137 Å². The highest BCUT2D eigenvalue weighted by Crippen LogP contribution is 2.42. The molecule has 1 saturated heterocycles. The highest BCUT2D eigenvalue weighted by molar-refractivity contribution is 6.09. The maximum absolute atomic E-state index is 14.0. The number of urea groups is 1. The molecule has 0 saturated carbocycles. The molecule has 352 valence electrons. The number of nitrogens with one attached hydrogen (secondary N) is 4. The van der Waals surface area contributed by atoms with E-state index in [1.807, 2.05) is 37.3 Å². The standard InChI is InChI=1S/C49H66N6O10/c1-8-50-40-28-43-39(26-33(40)4)45(38-25-31(2)32(3)27-42(38)65-43)36-13-9-10-14-37(36)47(57)54(7)17-20-63-49(59)52-16-12-19-61-22-24-62-23-21-60-18-11-15-51-46-34(5)30-55(48(58)53-46)44-29-41(56)35(6)64-44/h9-10,13-14,25-28,30,35,41,44,46,51,56H,8,11-12,15-24,29H2,1-7H3,(H,52,59)(H,53,58)/p+1/i6D. The molecular weight excluding hydrogens is 833 g/mol. The first kappa shape index (κ1) is 47.6. The molecule has 2 aromatic rings. The number of hydrogen-bond donors (Lipinski definition) is 5. The first-order chi connectivity index (χ1) is 31.9. The van der Waals surface area contributed by atoms with Gasteiger partial charge in [-0.15, -0.1) is 0 Å². The van der Waals surface area contributed by atoms with Crippen molar-refractivity contribution < 1.29 is 54.0 Å². The molecule has 4 unspecified atom stereocenters. The quantitative estimate of drug-likeness (QED) is 0.0565. The Hall–Kier alpha value is -5.36. The molecule has 2 aromatic carbocycles. The Morgan fingerprint density at radius 3 is 2.37 bits per heavy atom. The van der Waals surface area contributed by atoms with E-state index in [0.29, 0.717) is 64.7 Å². The molecule has 1 aliphatic carbocycles. The molecule has 16 nitrogen and oxygen atoms in total. The normalized spacial score (nSPS) is 19.1. The lowest BCUT2D eigenvalue weighted by atomic mass is 9.88. The molecule has 4 atom stereocenters. The van der Waals surface area contributed by atoms with Crippen molar-refractivity contribution >= 4 is 29.0 Å². The lowest BCUT2D eigenvalue weighted by Gasteiger charge is -2.34. The number of hydrogen-bond acceptors (Lipinski definition) is 11. The fraction of sp³-hybridized carbons (Fsp3) is 0.510. The first-order valence-electron chi connectivity index (χ1n) is 23.3. The Kier molecular flexibility index (Phi) is 17.4. The summed E-state index contributed by atoms with van der Waals surface area (Å²) in [6.07, 6.45) is 0.537. The van der Waals surface area contributed by atoms with Crippen molar-refractivity contribution in [3.63, 3.8) is 0 Å². The predicted octanol–water partition coefficient (Wildman–Crippen LogP) is 4.10. The highest BCUT2D eigenvalue weighted by atomic mass is 16.6. The number of alkyl carbamates (subject to hydrolysis) is 1. The minimum Gasteiger partial charge on any atom is -0.456 e. The van der Waals surface area contributed by atoms with Crippen molar-refractivity contribution in [2.75, 3.05) is 79.5 Å². The number of aliphatic hydroxyl groups is 1. The number of carbonyl (C=O) groups excluding carboxylic acids is 3. The second-order valence-corrected chi connectivity index (χ2v) is 16.5. The van der Waals surface area contributed by atoms with Crippen molar-refractivity contribution in [2.45, 2.75) is 85.4 Å². The summed E-state index contributed by atoms with van der Waals surface area (Å²) in [5.74, 6) is 0.540. The average Bonchev–Trinajstić information content (AvgIpc) is 3.68. The van der Waals surface area contributed by atoms with Gasteiger partial charge in [0.2, 0.25) is 5.36 Å². The second kappa shape index (κ2) is 23.7. The number of carbonyl (C=O) groups is 3. The maximum atomic E-state index is 14.0. The summed E-state index contributed by atoms with van der Waals surface area (Å²) < 4.78 is 41.9. The second-order valence-electron chi connectivity index (χ2n) is 16.5. The number of likely N-dealkylation sites (N-methyl/N-ethyl adjacent to an activating group) is 1. The van der Waals surface area contributed by atoms with Gasteiger partial charge < -0.3 is 48.7 Å². The molecule has 0 aromatic heterocycles. The van der Waals surface area contributed by atoms with Gasteiger partial charge in [-0.3, -0.25) is 15.0 Å². The number of rotatable bonds is 22. The lowest BCUT2D eigenvalue weighted by molar-refractivity contribution is -0.496. The van der Waals surface area contributed by atoms with E-state index in [9.17, 15) is 19.5 Å². The highest BCUT2D eigenvalue weighted by Gasteiger charge is 2.38. The summed E-state index contributed by atoms with van der Waals surface area (Å²) in [6, 6.07) is 15.6. The molecule has 6 rings (SSSR count). The average molecular weight is 901 g/mol. The predicted molar refractivity (Wildman–Crippen MR) is 246 cm³/mol. The fourth-order valence-corrected chi connectivity index (χ4v) is 7.80. The number of amides is 4. The van der Waals surface area contributed by atoms with E-state index in [1.54, 1.807) is 18.1 Å². The van der Waals surface area contributed by atoms with E-state index in [4.69, 9.17) is 29.5 Å². The van der Waals surface area contributed by atoms with Crippen LogP contribution in [0.3, 0.4) is 0 Å². The van der Waals surface area contributed by atoms with Crippen LogP contribution in [0.1, 0.15) is 68.4 Å². The van der Waals surface area contributed by atoms with Gasteiger partial charge in [-0.2, -0.15) is 0 Å². The van der Waals surface area contributed by atoms with E-state index >= 15 is 0 Å². The van der Waals surface area contributed by atoms with Crippen molar-refractivity contribution in [2.24, 2.45) is 0 Å². The third kappa shape index (κ3) is 12.9. The maximum Gasteiger partial charge on any atom is 0.407 e. The zero-order chi connectivity index (χ0) is 47.2. The van der Waals surface area contributed by atoms with E-state index in [0.717, 1.165) is 74.0 Å². The smallest absolute Gasteiger partial charge is 0.407 e. The number of nitrogens with zero attached hydrogens (tertiary/aromatic N) is 2. The molecule has 0 bridgehead atoms. The third-order valence-electron chi connectivity index (χ3n) is 11.6. The summed E-state index contributed by atoms with van der Waals surface area (Å²) in [7, 11) is 1.71. The van der Waals surface area contributed by atoms with E-state index in [1.165, 1.54) is 4.90 Å². The Morgan fingerprint density at radius 1 is 0.938 bits per heavy atom. The van der Waals surface area contributed by atoms with Crippen LogP contribution in [0.5, 0.6) is 0 Å². The molecule has 4 amide bonds. The van der Waals surface area contributed by atoms with Gasteiger partial charge in [0.25, 0.3) is 5.91 Å². The third-order valence-corrected chi connectivity index (χ3v) is 11.6. The van der Waals surface area contributed by atoms with Crippen molar-refractivity contribution in [3.05, 3.63) is 87.9 Å². The van der Waals surface area contributed by atoms with Gasteiger partial charge in [0, 0.05) is 68.4 Å². The Labute approximate surface area is 383 Å². The van der Waals surface area contributed by atoms with Gasteiger partial charge in [0.15, 0.2) is 0 Å². The van der Waals surface area contributed by atoms with Crippen LogP contribution in [0.25, 0.3) is 33.4 Å². The molecule has 3 heterocycles. The summed E-state index contributed by atoms with van der Waals surface area (Å²) in [4.78, 5) is 45.6. The number of ether oxygens (including phenoxy) is 5. The lowest BCUT2D eigenvalue weighted by Crippen LogP contribution is -2.76. The number of fused-ring (bicyclic) bond motifs is 2. The zero-order valence-electron chi connectivity index (χ0n) is 39.6. The van der Waals surface area contributed by atoms with Crippen LogP contribution in [0.4, 0.5) is 9.59 Å². The number of aliphatic hydroxyl groups excluding tert-OH is 1. The van der Waals surface area contributed by atoms with Crippen LogP contribution in [0.2, 0.25) is 0 Å². The molecule has 0 spiro atoms. The minimum atomic E-state index is -0.756. The van der Waals surface area contributed by atoms with Gasteiger partial charge in [0.1, 0.15) is 36.9 Å². The molecule has 16 heteroatoms. The van der Waals surface area contributed by atoms with Gasteiger partial charge in [-0.25, -0.2) is 14.6 Å². The summed E-state index contributed by atoms with van der Waals surface area (Å²) >= 11 is 0. The molecular formula is C49H67N6O10+. The van der Waals surface area contributed by atoms with E-state index in [2.05, 4.69) is 66.8 Å². The Bertz CT molecular complexity index is 2360. The molecule has 4 aliphatic rings. The molecule has 1 fully saturated rings. The Morgan fingerprint density at radius 2 is 1.65 bits per heavy atom. The molecule has 0 radical (unpaired) electrons. The molecule has 65 heavy (non-hydrogen) atoms. The summed E-state index contributed by atoms with van der Waals surface area (Å²) in [5.41, 5.74) is 8.16. The monoisotopic (exact) mass is 900 g/mol. The van der Waals surface area contributed by atoms with Crippen molar-refractivity contribution in [1.29, 1.82) is 0 Å². The van der Waals surface area contributed by atoms with Crippen LogP contribution in [-0.2, 0) is 23.7 Å². The van der Waals surface area contributed by atoms with Crippen molar-refractivity contribution in [1.82, 2.24) is 25.8 Å². The SMILES string of the molecule is [2H]CC1OC(N2C=C(C)C(NCCCOCCOCCOCCCNC(=O)OCCN(C)C(=O)c3ccccc3-c3c4cc(C)c(=[NH+]CC)cc-4oc4cc(C)c(C)cc34)NC2=O)CC1O. The summed E-state index contributed by atoms with van der Waals surface area (Å²) in [5, 5.41) is 20.9. The van der Waals surface area contributed by atoms with Gasteiger partial charge in [0.05, 0.1) is 51.2 Å². The summed E-state index contributed by atoms with van der Waals surface area (Å²) in [6.45, 7) is 14.8. The first-order valence-corrected chi connectivity index (χ1v) is 22.6. The van der Waals surface area contributed by atoms with Crippen LogP contribution < -0.4 is 26.3 Å². The fourth-order valence-electron chi connectivity index (χ4n) is 7.80. The van der Waals surface area contributed by atoms with Gasteiger partial charge in [-0.05, 0) is 107 Å². The van der Waals surface area contributed by atoms with Gasteiger partial charge >= 0.3 is 12.1 Å². The number of aryl methyl sites for hydroxylation is 3. The van der Waals surface area contributed by atoms with Crippen LogP contribution >= 0.6 is 0 Å². The Balaban J connectivity index is 0.828. The van der Waals surface area contributed by atoms with Crippen LogP contribution in [0, 0.1) is 20.8 Å². The van der Waals surface area contributed by atoms with Crippen LogP contribution in [0.15, 0.2) is 64.7 Å². The molecule has 3 aliphatic heterocycles. The topological polar surface area (TPSA) is 187 Å². The zero-order valence-corrected chi connectivity index (χ0v) is 38.6. The van der Waals surface area contributed by atoms with Crippen molar-refractivity contribution in [3.8, 4) is 22.5 Å². The molecule has 5 N–H and O–H groups in total. The van der Waals surface area contributed by atoms with Gasteiger partial charge in [-0.1, -0.05) is 18.2 Å². The van der Waals surface area contributed by atoms with E-state index < -0.39 is 24.5 Å². The number of benzene rings is 3.